The van der Waals surface area contributed by atoms with Gasteiger partial charge in [0.25, 0.3) is 0 Å². The van der Waals surface area contributed by atoms with Crippen LogP contribution in [0, 0.1) is 0 Å². The summed E-state index contributed by atoms with van der Waals surface area (Å²) in [6, 6.07) is 12.0. The molecule has 3 aromatic rings. The molecular formula is C19H20N4O2. The van der Waals surface area contributed by atoms with E-state index in [1.54, 1.807) is 23.7 Å². The Kier molecular flexibility index (Phi) is 4.09. The number of carbonyl (C=O) groups excluding carboxylic acids is 1. The molecule has 0 saturated carbocycles. The summed E-state index contributed by atoms with van der Waals surface area (Å²) in [7, 11) is 0. The van der Waals surface area contributed by atoms with Crippen molar-refractivity contribution in [1.29, 1.82) is 0 Å². The molecule has 1 aromatic carbocycles. The monoisotopic (exact) mass is 336 g/mol. The molecule has 25 heavy (non-hydrogen) atoms. The van der Waals surface area contributed by atoms with Gasteiger partial charge in [-0.3, -0.25) is 0 Å². The third-order valence-electron chi connectivity index (χ3n) is 4.46. The highest BCUT2D eigenvalue weighted by molar-refractivity contribution is 5.88. The normalized spacial score (nSPS) is 14.2. The van der Waals surface area contributed by atoms with Gasteiger partial charge < -0.3 is 9.64 Å². The highest BCUT2D eigenvalue weighted by atomic mass is 16.5. The van der Waals surface area contributed by atoms with Crippen LogP contribution in [0.4, 0.5) is 5.69 Å². The van der Waals surface area contributed by atoms with Crippen LogP contribution in [0.1, 0.15) is 30.3 Å². The summed E-state index contributed by atoms with van der Waals surface area (Å²) in [5.74, 6) is -0.426. The van der Waals surface area contributed by atoms with E-state index in [0.717, 1.165) is 24.3 Å². The average molecular weight is 336 g/mol. The van der Waals surface area contributed by atoms with E-state index >= 15 is 0 Å². The fourth-order valence-electron chi connectivity index (χ4n) is 3.26. The average Bonchev–Trinajstić information content (AvgIpc) is 3.31. The lowest BCUT2D eigenvalue weighted by molar-refractivity contribution is 0.0519. The van der Waals surface area contributed by atoms with E-state index in [2.05, 4.69) is 39.2 Å². The van der Waals surface area contributed by atoms with E-state index < -0.39 is 5.97 Å². The molecule has 1 aliphatic heterocycles. The molecule has 0 atom stereocenters. The summed E-state index contributed by atoms with van der Waals surface area (Å²) >= 11 is 0. The van der Waals surface area contributed by atoms with E-state index in [0.29, 0.717) is 12.3 Å². The van der Waals surface area contributed by atoms with Crippen molar-refractivity contribution in [2.75, 3.05) is 24.6 Å². The molecule has 0 aliphatic carbocycles. The lowest BCUT2D eigenvalue weighted by Crippen LogP contribution is -2.17. The lowest BCUT2D eigenvalue weighted by atomic mass is 10.1. The van der Waals surface area contributed by atoms with Gasteiger partial charge in [-0.05, 0) is 38.0 Å². The minimum atomic E-state index is -0.426. The molecule has 6 heteroatoms. The Morgan fingerprint density at radius 3 is 2.84 bits per heavy atom. The summed E-state index contributed by atoms with van der Waals surface area (Å²) in [4.78, 5) is 18.7. The number of benzene rings is 1. The molecule has 0 spiro atoms. The fraction of sp³-hybridized carbons (Fsp3) is 0.316. The Hall–Kier alpha value is -2.89. The van der Waals surface area contributed by atoms with Gasteiger partial charge in [-0.15, -0.1) is 0 Å². The molecular weight excluding hydrogens is 316 g/mol. The van der Waals surface area contributed by atoms with Gasteiger partial charge in [-0.2, -0.15) is 5.10 Å². The van der Waals surface area contributed by atoms with Gasteiger partial charge in [-0.1, -0.05) is 12.1 Å². The van der Waals surface area contributed by atoms with Gasteiger partial charge in [0.15, 0.2) is 11.3 Å². The first kappa shape index (κ1) is 15.6. The molecule has 0 unspecified atom stereocenters. The first-order valence-electron chi connectivity index (χ1n) is 8.63. The molecule has 0 N–H and O–H groups in total. The molecule has 0 bridgehead atoms. The summed E-state index contributed by atoms with van der Waals surface area (Å²) in [6.45, 7) is 4.31. The second kappa shape index (κ2) is 6.55. The molecule has 1 saturated heterocycles. The number of esters is 1. The largest absolute Gasteiger partial charge is 0.461 e. The molecule has 1 fully saturated rings. The molecule has 4 rings (SSSR count). The summed E-state index contributed by atoms with van der Waals surface area (Å²) in [6.07, 6.45) is 4.22. The molecule has 6 nitrogen and oxygen atoms in total. The van der Waals surface area contributed by atoms with Gasteiger partial charge in [0.1, 0.15) is 0 Å². The number of ether oxygens (including phenoxy) is 1. The van der Waals surface area contributed by atoms with Crippen LogP contribution in [0.3, 0.4) is 0 Å². The maximum Gasteiger partial charge on any atom is 0.358 e. The van der Waals surface area contributed by atoms with Crippen LogP contribution in [0.25, 0.3) is 16.9 Å². The van der Waals surface area contributed by atoms with Crippen molar-refractivity contribution in [3.8, 4) is 11.3 Å². The van der Waals surface area contributed by atoms with Crippen molar-refractivity contribution in [2.24, 2.45) is 0 Å². The maximum atomic E-state index is 12.0. The number of carbonyl (C=O) groups is 1. The van der Waals surface area contributed by atoms with Crippen molar-refractivity contribution < 1.29 is 9.53 Å². The van der Waals surface area contributed by atoms with Crippen LogP contribution >= 0.6 is 0 Å². The first-order chi connectivity index (χ1) is 12.3. The van der Waals surface area contributed by atoms with Crippen molar-refractivity contribution in [3.63, 3.8) is 0 Å². The predicted octanol–water partition coefficient (Wildman–Crippen LogP) is 3.17. The van der Waals surface area contributed by atoms with E-state index in [-0.39, 0.29) is 5.69 Å². The third kappa shape index (κ3) is 2.95. The quantitative estimate of drug-likeness (QED) is 0.685. The number of aromatic nitrogens is 3. The molecule has 2 aromatic heterocycles. The molecule has 0 amide bonds. The van der Waals surface area contributed by atoms with E-state index in [9.17, 15) is 4.79 Å². The van der Waals surface area contributed by atoms with Gasteiger partial charge in [0.05, 0.1) is 12.3 Å². The van der Waals surface area contributed by atoms with Crippen molar-refractivity contribution in [2.45, 2.75) is 19.8 Å². The SMILES string of the molecule is CCOC(=O)c1cc2nccc(-c3cccc(N4CCCC4)c3)n2n1. The number of fused-ring (bicyclic) bond motifs is 1. The minimum Gasteiger partial charge on any atom is -0.461 e. The van der Waals surface area contributed by atoms with Crippen molar-refractivity contribution in [1.82, 2.24) is 14.6 Å². The number of hydrogen-bond acceptors (Lipinski definition) is 5. The Balaban J connectivity index is 1.76. The Morgan fingerprint density at radius 1 is 1.20 bits per heavy atom. The fourth-order valence-corrected chi connectivity index (χ4v) is 3.26. The highest BCUT2D eigenvalue weighted by Gasteiger charge is 2.16. The molecule has 3 heterocycles. The minimum absolute atomic E-state index is 0.275. The smallest absolute Gasteiger partial charge is 0.358 e. The Bertz CT molecular complexity index is 913. The number of hydrogen-bond donors (Lipinski definition) is 0. The van der Waals surface area contributed by atoms with Crippen LogP contribution in [0.2, 0.25) is 0 Å². The third-order valence-corrected chi connectivity index (χ3v) is 4.46. The summed E-state index contributed by atoms with van der Waals surface area (Å²) < 4.78 is 6.74. The summed E-state index contributed by atoms with van der Waals surface area (Å²) in [5.41, 5.74) is 4.08. The van der Waals surface area contributed by atoms with Crippen LogP contribution in [0.15, 0.2) is 42.6 Å². The van der Waals surface area contributed by atoms with Crippen LogP contribution in [0.5, 0.6) is 0 Å². The van der Waals surface area contributed by atoms with Gasteiger partial charge >= 0.3 is 5.97 Å². The second-order valence-electron chi connectivity index (χ2n) is 6.09. The first-order valence-corrected chi connectivity index (χ1v) is 8.63. The second-order valence-corrected chi connectivity index (χ2v) is 6.09. The number of anilines is 1. The zero-order chi connectivity index (χ0) is 17.2. The summed E-state index contributed by atoms with van der Waals surface area (Å²) in [5, 5.41) is 4.40. The lowest BCUT2D eigenvalue weighted by Gasteiger charge is -2.18. The molecule has 1 aliphatic rings. The van der Waals surface area contributed by atoms with Crippen molar-refractivity contribution >= 4 is 17.3 Å². The molecule has 128 valence electrons. The van der Waals surface area contributed by atoms with Gasteiger partial charge in [0, 0.05) is 36.6 Å². The Morgan fingerprint density at radius 2 is 2.04 bits per heavy atom. The van der Waals surface area contributed by atoms with Crippen molar-refractivity contribution in [3.05, 3.63) is 48.3 Å². The van der Waals surface area contributed by atoms with E-state index in [1.807, 2.05) is 6.07 Å². The van der Waals surface area contributed by atoms with Gasteiger partial charge in [-0.25, -0.2) is 14.3 Å². The van der Waals surface area contributed by atoms with Crippen LogP contribution < -0.4 is 4.90 Å². The highest BCUT2D eigenvalue weighted by Crippen LogP contribution is 2.27. The topological polar surface area (TPSA) is 59.7 Å². The number of rotatable bonds is 4. The molecule has 0 radical (unpaired) electrons. The van der Waals surface area contributed by atoms with Crippen LogP contribution in [-0.4, -0.2) is 40.3 Å². The van der Waals surface area contributed by atoms with E-state index in [4.69, 9.17) is 4.74 Å². The predicted molar refractivity (Wildman–Crippen MR) is 95.8 cm³/mol. The van der Waals surface area contributed by atoms with Gasteiger partial charge in [0.2, 0.25) is 0 Å². The zero-order valence-electron chi connectivity index (χ0n) is 14.2. The zero-order valence-corrected chi connectivity index (χ0v) is 14.2. The standard InChI is InChI=1S/C19H20N4O2/c1-2-25-19(24)16-13-18-20-9-8-17(23(18)21-16)14-6-5-7-15(12-14)22-10-3-4-11-22/h5-9,12-13H,2-4,10-11H2,1H3. The van der Waals surface area contributed by atoms with E-state index in [1.165, 1.54) is 18.5 Å². The maximum absolute atomic E-state index is 12.0. The van der Waals surface area contributed by atoms with Crippen LogP contribution in [-0.2, 0) is 4.74 Å². The number of nitrogens with zero attached hydrogens (tertiary/aromatic N) is 4. The Labute approximate surface area is 146 Å².